The number of aromatic nitrogens is 1. The molecule has 0 aliphatic heterocycles. The van der Waals surface area contributed by atoms with Gasteiger partial charge in [0.25, 0.3) is 0 Å². The predicted octanol–water partition coefficient (Wildman–Crippen LogP) is 2.00. The Bertz CT molecular complexity index is 600. The van der Waals surface area contributed by atoms with E-state index in [0.29, 0.717) is 0 Å². The van der Waals surface area contributed by atoms with Crippen molar-refractivity contribution in [2.45, 2.75) is 0 Å². The van der Waals surface area contributed by atoms with Gasteiger partial charge in [-0.05, 0) is 18.2 Å². The third-order valence-corrected chi connectivity index (χ3v) is 2.93. The second-order valence-corrected chi connectivity index (χ2v) is 4.70. The second-order valence-electron chi connectivity index (χ2n) is 4.70. The molecule has 2 N–H and O–H groups in total. The first-order valence-electron chi connectivity index (χ1n) is 5.65. The van der Waals surface area contributed by atoms with E-state index in [-0.39, 0.29) is 5.69 Å². The maximum atomic E-state index is 11.0. The van der Waals surface area contributed by atoms with Crippen molar-refractivity contribution < 1.29 is 9.90 Å². The van der Waals surface area contributed by atoms with E-state index >= 15 is 0 Å². The molecule has 2 rings (SSSR count). The van der Waals surface area contributed by atoms with Crippen molar-refractivity contribution >= 4 is 28.2 Å². The molecule has 0 amide bonds. The van der Waals surface area contributed by atoms with E-state index < -0.39 is 5.97 Å². The van der Waals surface area contributed by atoms with E-state index in [2.05, 4.69) is 4.98 Å². The minimum Gasteiger partial charge on any atom is -0.477 e. The van der Waals surface area contributed by atoms with Gasteiger partial charge in [0.1, 0.15) is 5.69 Å². The Labute approximate surface area is 106 Å². The first-order chi connectivity index (χ1) is 8.40. The molecule has 0 spiro atoms. The maximum absolute atomic E-state index is 11.0. The van der Waals surface area contributed by atoms with Crippen molar-refractivity contribution in [2.75, 3.05) is 38.0 Å². The van der Waals surface area contributed by atoms with Crippen LogP contribution in [-0.4, -0.2) is 44.3 Å². The smallest absolute Gasteiger partial charge is 0.352 e. The van der Waals surface area contributed by atoms with Crippen LogP contribution in [0.2, 0.25) is 0 Å². The fourth-order valence-electron chi connectivity index (χ4n) is 1.95. The number of rotatable bonds is 3. The molecule has 0 aliphatic carbocycles. The number of carbonyl (C=O) groups is 1. The summed E-state index contributed by atoms with van der Waals surface area (Å²) in [6, 6.07) is 5.67. The molecule has 18 heavy (non-hydrogen) atoms. The van der Waals surface area contributed by atoms with Crippen LogP contribution in [0.25, 0.3) is 10.9 Å². The van der Waals surface area contributed by atoms with Gasteiger partial charge in [-0.1, -0.05) is 0 Å². The van der Waals surface area contributed by atoms with E-state index in [1.807, 2.05) is 50.1 Å². The number of H-pyrrole nitrogens is 1. The van der Waals surface area contributed by atoms with E-state index in [1.165, 1.54) is 0 Å². The van der Waals surface area contributed by atoms with Gasteiger partial charge in [-0.2, -0.15) is 0 Å². The number of fused-ring (bicyclic) bond motifs is 1. The molecule has 5 nitrogen and oxygen atoms in total. The quantitative estimate of drug-likeness (QED) is 0.871. The molecule has 5 heteroatoms. The Morgan fingerprint density at radius 1 is 1.11 bits per heavy atom. The highest BCUT2D eigenvalue weighted by Crippen LogP contribution is 2.31. The molecule has 0 radical (unpaired) electrons. The largest absolute Gasteiger partial charge is 0.477 e. The summed E-state index contributed by atoms with van der Waals surface area (Å²) < 4.78 is 0. The summed E-state index contributed by atoms with van der Waals surface area (Å²) in [6.45, 7) is 0. The van der Waals surface area contributed by atoms with Gasteiger partial charge < -0.3 is 19.9 Å². The van der Waals surface area contributed by atoms with Crippen LogP contribution in [-0.2, 0) is 0 Å². The van der Waals surface area contributed by atoms with Crippen LogP contribution in [0, 0.1) is 0 Å². The van der Waals surface area contributed by atoms with Gasteiger partial charge in [0, 0.05) is 45.0 Å². The number of carboxylic acid groups (broad SMARTS) is 1. The van der Waals surface area contributed by atoms with Gasteiger partial charge in [0.05, 0.1) is 5.52 Å². The van der Waals surface area contributed by atoms with E-state index in [4.69, 9.17) is 5.11 Å². The monoisotopic (exact) mass is 247 g/mol. The van der Waals surface area contributed by atoms with Gasteiger partial charge in [-0.15, -0.1) is 0 Å². The molecule has 0 fully saturated rings. The first-order valence-corrected chi connectivity index (χ1v) is 5.65. The van der Waals surface area contributed by atoms with Crippen molar-refractivity contribution in [1.82, 2.24) is 4.98 Å². The molecule has 0 unspecified atom stereocenters. The molecule has 96 valence electrons. The Hall–Kier alpha value is -2.17. The van der Waals surface area contributed by atoms with Crippen molar-refractivity contribution in [2.24, 2.45) is 0 Å². The van der Waals surface area contributed by atoms with Crippen LogP contribution >= 0.6 is 0 Å². The van der Waals surface area contributed by atoms with Crippen LogP contribution in [0.15, 0.2) is 18.2 Å². The summed E-state index contributed by atoms with van der Waals surface area (Å²) in [4.78, 5) is 17.9. The standard InChI is InChI=1S/C13H17N3O2/c1-15(2)8-5-10-9(12(6-8)16(3)4)7-11(14-10)13(17)18/h5-7,14H,1-4H3,(H,17,18). The Kier molecular flexibility index (Phi) is 2.90. The molecule has 0 saturated heterocycles. The predicted molar refractivity (Wildman–Crippen MR) is 73.9 cm³/mol. The zero-order valence-electron chi connectivity index (χ0n) is 11.0. The molecule has 2 aromatic rings. The number of hydrogen-bond acceptors (Lipinski definition) is 3. The number of anilines is 2. The lowest BCUT2D eigenvalue weighted by atomic mass is 10.1. The van der Waals surface area contributed by atoms with E-state index in [0.717, 1.165) is 22.3 Å². The van der Waals surface area contributed by atoms with Crippen molar-refractivity contribution in [3.8, 4) is 0 Å². The molecule has 1 heterocycles. The van der Waals surface area contributed by atoms with Crippen LogP contribution in [0.3, 0.4) is 0 Å². The lowest BCUT2D eigenvalue weighted by Crippen LogP contribution is -2.12. The minimum absolute atomic E-state index is 0.212. The molecule has 0 atom stereocenters. The maximum Gasteiger partial charge on any atom is 0.352 e. The third kappa shape index (κ3) is 1.99. The summed E-state index contributed by atoms with van der Waals surface area (Å²) in [7, 11) is 7.81. The number of nitrogens with one attached hydrogen (secondary N) is 1. The highest BCUT2D eigenvalue weighted by molar-refractivity contribution is 6.01. The normalized spacial score (nSPS) is 10.7. The Morgan fingerprint density at radius 3 is 2.28 bits per heavy atom. The number of carboxylic acids is 1. The van der Waals surface area contributed by atoms with E-state index in [1.54, 1.807) is 6.07 Å². The summed E-state index contributed by atoms with van der Waals surface area (Å²) in [6.07, 6.45) is 0. The second kappa shape index (κ2) is 4.25. The summed E-state index contributed by atoms with van der Waals surface area (Å²) in [5.74, 6) is -0.942. The average molecular weight is 247 g/mol. The van der Waals surface area contributed by atoms with Crippen molar-refractivity contribution in [3.63, 3.8) is 0 Å². The highest BCUT2D eigenvalue weighted by atomic mass is 16.4. The molecule has 0 bridgehead atoms. The van der Waals surface area contributed by atoms with Gasteiger partial charge >= 0.3 is 5.97 Å². The van der Waals surface area contributed by atoms with Crippen LogP contribution in [0.5, 0.6) is 0 Å². The fourth-order valence-corrected chi connectivity index (χ4v) is 1.95. The summed E-state index contributed by atoms with van der Waals surface area (Å²) >= 11 is 0. The van der Waals surface area contributed by atoms with Gasteiger partial charge in [0.2, 0.25) is 0 Å². The topological polar surface area (TPSA) is 59.6 Å². The lowest BCUT2D eigenvalue weighted by Gasteiger charge is -2.19. The minimum atomic E-state index is -0.942. The van der Waals surface area contributed by atoms with Gasteiger partial charge in [-0.3, -0.25) is 0 Å². The number of nitrogens with zero attached hydrogens (tertiary/aromatic N) is 2. The van der Waals surface area contributed by atoms with Crippen LogP contribution < -0.4 is 9.80 Å². The number of hydrogen-bond donors (Lipinski definition) is 2. The van der Waals surface area contributed by atoms with Gasteiger partial charge in [0.15, 0.2) is 0 Å². The number of aromatic carboxylic acids is 1. The molecular weight excluding hydrogens is 230 g/mol. The molecule has 1 aromatic heterocycles. The molecular formula is C13H17N3O2. The average Bonchev–Trinajstić information content (AvgIpc) is 2.70. The molecule has 1 aromatic carbocycles. The van der Waals surface area contributed by atoms with Crippen molar-refractivity contribution in [1.29, 1.82) is 0 Å². The Balaban J connectivity index is 2.73. The van der Waals surface area contributed by atoms with Crippen LogP contribution in [0.1, 0.15) is 10.5 Å². The fraction of sp³-hybridized carbons (Fsp3) is 0.308. The zero-order valence-corrected chi connectivity index (χ0v) is 11.0. The SMILES string of the molecule is CN(C)c1cc(N(C)C)c2cc(C(=O)O)[nH]c2c1. The van der Waals surface area contributed by atoms with Crippen LogP contribution in [0.4, 0.5) is 11.4 Å². The first kappa shape index (κ1) is 12.3. The van der Waals surface area contributed by atoms with Gasteiger partial charge in [-0.25, -0.2) is 4.79 Å². The zero-order chi connectivity index (χ0) is 13.4. The Morgan fingerprint density at radius 2 is 1.78 bits per heavy atom. The van der Waals surface area contributed by atoms with E-state index in [9.17, 15) is 4.79 Å². The number of aromatic amines is 1. The third-order valence-electron chi connectivity index (χ3n) is 2.93. The molecule has 0 aliphatic rings. The molecule has 0 saturated carbocycles. The lowest BCUT2D eigenvalue weighted by molar-refractivity contribution is 0.0691. The summed E-state index contributed by atoms with van der Waals surface area (Å²) in [5.41, 5.74) is 3.08. The highest BCUT2D eigenvalue weighted by Gasteiger charge is 2.13. The van der Waals surface area contributed by atoms with Crippen molar-refractivity contribution in [3.05, 3.63) is 23.9 Å². The number of benzene rings is 1. The summed E-state index contributed by atoms with van der Waals surface area (Å²) in [5, 5.41) is 9.96.